The zero-order valence-corrected chi connectivity index (χ0v) is 22.7. The number of anilines is 1. The van der Waals surface area contributed by atoms with Crippen LogP contribution in [-0.2, 0) is 0 Å². The topological polar surface area (TPSA) is 46.3 Å². The summed E-state index contributed by atoms with van der Waals surface area (Å²) in [6.45, 7) is 0. The number of hydrogen-bond donors (Lipinski definition) is 0. The summed E-state index contributed by atoms with van der Waals surface area (Å²) < 4.78 is 4.82. The van der Waals surface area contributed by atoms with Gasteiger partial charge in [0.1, 0.15) is 5.82 Å². The van der Waals surface area contributed by atoms with Gasteiger partial charge in [-0.3, -0.25) is 14.5 Å². The number of nitrogens with zero attached hydrogens (tertiary/aromatic N) is 5. The smallest absolute Gasteiger partial charge is 0.165 e. The Kier molecular flexibility index (Phi) is 4.83. The van der Waals surface area contributed by atoms with Crippen molar-refractivity contribution in [1.29, 1.82) is 0 Å². The minimum atomic E-state index is -0.231. The Morgan fingerprint density at radius 3 is 2.56 bits per heavy atom. The van der Waals surface area contributed by atoms with Gasteiger partial charge < -0.3 is 4.90 Å². The summed E-state index contributed by atoms with van der Waals surface area (Å²) in [6, 6.07) is 34.3. The molecular weight excluding hydrogens is 522 g/mol. The first-order valence-electron chi connectivity index (χ1n) is 13.8. The molecule has 2 atom stereocenters. The molecule has 0 saturated heterocycles. The zero-order valence-electron chi connectivity index (χ0n) is 21.9. The van der Waals surface area contributed by atoms with E-state index in [2.05, 4.69) is 125 Å². The highest BCUT2D eigenvalue weighted by Crippen LogP contribution is 2.41. The van der Waals surface area contributed by atoms with Crippen molar-refractivity contribution in [2.75, 3.05) is 4.90 Å². The minimum Gasteiger partial charge on any atom is -0.332 e. The summed E-state index contributed by atoms with van der Waals surface area (Å²) in [5.74, 6) is 0.866. The van der Waals surface area contributed by atoms with Crippen molar-refractivity contribution in [1.82, 2.24) is 14.5 Å². The number of thiophene rings is 1. The summed E-state index contributed by atoms with van der Waals surface area (Å²) in [5, 5.41) is 3.70. The first kappa shape index (κ1) is 22.7. The Morgan fingerprint density at radius 2 is 1.61 bits per heavy atom. The van der Waals surface area contributed by atoms with E-state index >= 15 is 0 Å². The molecule has 0 fully saturated rings. The Morgan fingerprint density at radius 1 is 0.707 bits per heavy atom. The normalized spacial score (nSPS) is 18.1. The van der Waals surface area contributed by atoms with Gasteiger partial charge in [-0.05, 0) is 60.7 Å². The fourth-order valence-corrected chi connectivity index (χ4v) is 7.47. The lowest BCUT2D eigenvalue weighted by Gasteiger charge is -2.30. The fraction of sp³-hybridized carbons (Fsp3) is 0.0571. The SMILES string of the molecule is C1=CC2=NC(c3cccc(-n4c5cc6sc7ccccc7c6cc5c5ncccc54)n3)N(c3ccccc3)C2C=C1. The molecule has 7 aromatic rings. The van der Waals surface area contributed by atoms with Crippen molar-refractivity contribution in [3.63, 3.8) is 0 Å². The van der Waals surface area contributed by atoms with E-state index in [1.54, 1.807) is 0 Å². The Hall–Kier alpha value is -5.07. The average Bonchev–Trinajstić information content (AvgIpc) is 3.70. The quantitative estimate of drug-likeness (QED) is 0.224. The van der Waals surface area contributed by atoms with Crippen LogP contribution in [0.3, 0.4) is 0 Å². The standard InChI is InChI=1S/C35H23N5S/c1-2-10-22(11-3-1)39-28-15-6-5-13-26(28)38-35(39)27-14-8-18-33(37-27)40-29-16-9-19-36-34(29)25-20-24-23-12-4-7-17-31(23)41-32(24)21-30(25)40/h1-21,28,35H. The second kappa shape index (κ2) is 8.71. The molecule has 0 N–H and O–H groups in total. The predicted molar refractivity (Wildman–Crippen MR) is 170 cm³/mol. The van der Waals surface area contributed by atoms with Gasteiger partial charge in [-0.15, -0.1) is 11.3 Å². The number of benzene rings is 3. The van der Waals surface area contributed by atoms with Crippen molar-refractivity contribution >= 4 is 64.8 Å². The lowest BCUT2D eigenvalue weighted by atomic mass is 10.1. The van der Waals surface area contributed by atoms with Crippen LogP contribution < -0.4 is 4.90 Å². The molecule has 2 unspecified atom stereocenters. The van der Waals surface area contributed by atoms with Crippen LogP contribution in [0, 0.1) is 0 Å². The van der Waals surface area contributed by atoms with Crippen LogP contribution in [0.4, 0.5) is 5.69 Å². The van der Waals surface area contributed by atoms with Gasteiger partial charge in [0.05, 0.1) is 34.0 Å². The lowest BCUT2D eigenvalue weighted by Crippen LogP contribution is -2.36. The van der Waals surface area contributed by atoms with Gasteiger partial charge >= 0.3 is 0 Å². The number of hydrogen-bond acceptors (Lipinski definition) is 5. The summed E-state index contributed by atoms with van der Waals surface area (Å²) >= 11 is 1.83. The van der Waals surface area contributed by atoms with Crippen molar-refractivity contribution in [2.24, 2.45) is 4.99 Å². The van der Waals surface area contributed by atoms with Crippen molar-refractivity contribution in [2.45, 2.75) is 12.2 Å². The molecule has 0 bridgehead atoms. The van der Waals surface area contributed by atoms with Crippen LogP contribution in [0.2, 0.25) is 0 Å². The van der Waals surface area contributed by atoms with Crippen molar-refractivity contribution in [3.8, 4) is 5.82 Å². The number of fused-ring (bicyclic) bond motifs is 7. The second-order valence-electron chi connectivity index (χ2n) is 10.5. The highest BCUT2D eigenvalue weighted by Gasteiger charge is 2.36. The van der Waals surface area contributed by atoms with Gasteiger partial charge in [-0.1, -0.05) is 60.7 Å². The monoisotopic (exact) mass is 545 g/mol. The Balaban J connectivity index is 1.26. The number of para-hydroxylation sites is 1. The lowest BCUT2D eigenvalue weighted by molar-refractivity contribution is 0.673. The molecule has 0 saturated carbocycles. The third-order valence-electron chi connectivity index (χ3n) is 8.13. The summed E-state index contributed by atoms with van der Waals surface area (Å²) in [4.78, 5) is 17.7. The highest BCUT2D eigenvalue weighted by atomic mass is 32.1. The molecule has 0 spiro atoms. The van der Waals surface area contributed by atoms with Crippen LogP contribution in [0.1, 0.15) is 11.9 Å². The third kappa shape index (κ3) is 3.38. The van der Waals surface area contributed by atoms with Crippen LogP contribution in [0.15, 0.2) is 133 Å². The van der Waals surface area contributed by atoms with E-state index in [0.29, 0.717) is 0 Å². The molecule has 5 heterocycles. The van der Waals surface area contributed by atoms with E-state index in [0.717, 1.165) is 44.8 Å². The van der Waals surface area contributed by atoms with E-state index < -0.39 is 0 Å². The second-order valence-corrected chi connectivity index (χ2v) is 11.5. The van der Waals surface area contributed by atoms with Gasteiger partial charge in [0.15, 0.2) is 6.17 Å². The Labute approximate surface area is 240 Å². The van der Waals surface area contributed by atoms with Gasteiger partial charge in [0.2, 0.25) is 0 Å². The van der Waals surface area contributed by atoms with E-state index in [4.69, 9.17) is 15.0 Å². The molecule has 1 aliphatic carbocycles. The summed E-state index contributed by atoms with van der Waals surface area (Å²) in [5.41, 5.74) is 6.24. The summed E-state index contributed by atoms with van der Waals surface area (Å²) in [7, 11) is 0. The van der Waals surface area contributed by atoms with Crippen LogP contribution >= 0.6 is 11.3 Å². The third-order valence-corrected chi connectivity index (χ3v) is 9.26. The maximum atomic E-state index is 5.30. The van der Waals surface area contributed by atoms with Crippen molar-refractivity contribution < 1.29 is 0 Å². The minimum absolute atomic E-state index is 0.0801. The number of rotatable bonds is 3. The van der Waals surface area contributed by atoms with Gasteiger partial charge in [-0.2, -0.15) is 0 Å². The van der Waals surface area contributed by atoms with E-state index in [1.807, 2.05) is 23.6 Å². The van der Waals surface area contributed by atoms with Gasteiger partial charge in [0, 0.05) is 37.4 Å². The first-order valence-corrected chi connectivity index (χ1v) is 14.6. The highest BCUT2D eigenvalue weighted by molar-refractivity contribution is 7.25. The largest absolute Gasteiger partial charge is 0.332 e. The number of pyridine rings is 2. The summed E-state index contributed by atoms with van der Waals surface area (Å²) in [6.07, 6.45) is 10.1. The average molecular weight is 546 g/mol. The molecule has 41 heavy (non-hydrogen) atoms. The van der Waals surface area contributed by atoms with Gasteiger partial charge in [-0.25, -0.2) is 4.98 Å². The van der Waals surface area contributed by atoms with E-state index in [1.165, 1.54) is 20.2 Å². The molecular formula is C35H23N5S. The molecule has 0 amide bonds. The molecule has 4 aromatic heterocycles. The zero-order chi connectivity index (χ0) is 26.9. The molecule has 1 aliphatic heterocycles. The Bertz CT molecular complexity index is 2240. The molecule has 194 valence electrons. The molecule has 2 aliphatic rings. The molecule has 9 rings (SSSR count). The molecule has 3 aromatic carbocycles. The number of aliphatic imine (C=N–C) groups is 1. The van der Waals surface area contributed by atoms with Crippen LogP contribution in [-0.4, -0.2) is 26.3 Å². The van der Waals surface area contributed by atoms with Crippen LogP contribution in [0.25, 0.3) is 47.9 Å². The maximum absolute atomic E-state index is 5.30. The van der Waals surface area contributed by atoms with Crippen molar-refractivity contribution in [3.05, 3.63) is 133 Å². The van der Waals surface area contributed by atoms with Crippen LogP contribution in [0.5, 0.6) is 0 Å². The molecule has 5 nitrogen and oxygen atoms in total. The van der Waals surface area contributed by atoms with Gasteiger partial charge in [0.25, 0.3) is 0 Å². The maximum Gasteiger partial charge on any atom is 0.165 e. The first-order chi connectivity index (χ1) is 20.3. The number of allylic oxidation sites excluding steroid dienone is 2. The fourth-order valence-electron chi connectivity index (χ4n) is 6.35. The van der Waals surface area contributed by atoms with E-state index in [-0.39, 0.29) is 12.2 Å². The molecule has 0 radical (unpaired) electrons. The van der Waals surface area contributed by atoms with E-state index in [9.17, 15) is 0 Å². The predicted octanol–water partition coefficient (Wildman–Crippen LogP) is 8.40. The molecule has 6 heteroatoms. The number of aromatic nitrogens is 3.